The van der Waals surface area contributed by atoms with Gasteiger partial charge in [0.25, 0.3) is 5.78 Å². The number of fused-ring (bicyclic) bond motifs is 1. The van der Waals surface area contributed by atoms with Crippen molar-refractivity contribution in [3.05, 3.63) is 40.6 Å². The van der Waals surface area contributed by atoms with Crippen molar-refractivity contribution in [2.24, 2.45) is 0 Å². The lowest BCUT2D eigenvalue weighted by Gasteiger charge is -2.24. The number of hydrogen-bond donors (Lipinski definition) is 0. The van der Waals surface area contributed by atoms with E-state index in [4.69, 9.17) is 9.47 Å². The quantitative estimate of drug-likeness (QED) is 0.759. The molecule has 0 fully saturated rings. The number of carbonyl (C=O) groups is 2. The summed E-state index contributed by atoms with van der Waals surface area (Å²) in [5.74, 6) is -0.723. The van der Waals surface area contributed by atoms with Gasteiger partial charge in [0.05, 0.1) is 17.8 Å². The topological polar surface area (TPSA) is 65.5 Å². The number of hydrogen-bond acceptors (Lipinski definition) is 5. The first-order valence-corrected chi connectivity index (χ1v) is 8.51. The highest BCUT2D eigenvalue weighted by atomic mass is 16.5. The molecule has 0 aromatic carbocycles. The molecule has 130 valence electrons. The fourth-order valence-electron chi connectivity index (χ4n) is 2.62. The van der Waals surface area contributed by atoms with E-state index < -0.39 is 0 Å². The molecule has 1 aromatic rings. The Labute approximate surface area is 143 Å². The van der Waals surface area contributed by atoms with E-state index in [0.717, 1.165) is 24.8 Å². The highest BCUT2D eigenvalue weighted by Gasteiger charge is 2.38. The third-order valence-corrected chi connectivity index (χ3v) is 3.60. The molecule has 2 rings (SSSR count). The van der Waals surface area contributed by atoms with Crippen LogP contribution in [0.15, 0.2) is 23.8 Å². The zero-order valence-electron chi connectivity index (χ0n) is 15.0. The molecule has 5 heteroatoms. The fourth-order valence-corrected chi connectivity index (χ4v) is 2.62. The molecule has 0 aliphatic heterocycles. The Morgan fingerprint density at radius 2 is 1.58 bits per heavy atom. The van der Waals surface area contributed by atoms with Crippen LogP contribution in [0.1, 0.15) is 73.9 Å². The molecular formula is C19H25NO4. The van der Waals surface area contributed by atoms with Crippen LogP contribution in [0, 0.1) is 0 Å². The van der Waals surface area contributed by atoms with Crippen LogP contribution in [0.2, 0.25) is 0 Å². The molecule has 1 aromatic heterocycles. The Bertz CT molecular complexity index is 674. The minimum Gasteiger partial charge on any atom is -0.483 e. The van der Waals surface area contributed by atoms with E-state index in [1.165, 1.54) is 0 Å². The molecule has 0 spiro atoms. The second-order valence-corrected chi connectivity index (χ2v) is 6.45. The average molecular weight is 331 g/mol. The highest BCUT2D eigenvalue weighted by Crippen LogP contribution is 2.30. The molecule has 0 saturated heterocycles. The van der Waals surface area contributed by atoms with Gasteiger partial charge in [0.15, 0.2) is 0 Å². The maximum Gasteiger partial charge on any atom is 0.250 e. The fraction of sp³-hybridized carbons (Fsp3) is 0.526. The Morgan fingerprint density at radius 1 is 1.00 bits per heavy atom. The predicted molar refractivity (Wildman–Crippen MR) is 91.0 cm³/mol. The zero-order valence-corrected chi connectivity index (χ0v) is 15.0. The number of carbonyl (C=O) groups excluding carboxylic acids is 2. The van der Waals surface area contributed by atoms with Gasteiger partial charge in [-0.2, -0.15) is 0 Å². The zero-order chi connectivity index (χ0) is 17.9. The SMILES string of the molecule is CCCCc1ccnc2c1C(=O)C(OC(C)C)=C(OC(C)C)C2=O. The van der Waals surface area contributed by atoms with Gasteiger partial charge >= 0.3 is 0 Å². The van der Waals surface area contributed by atoms with Crippen molar-refractivity contribution in [2.45, 2.75) is 66.1 Å². The van der Waals surface area contributed by atoms with Crippen LogP contribution in [0.4, 0.5) is 0 Å². The first kappa shape index (κ1) is 18.2. The molecule has 0 amide bonds. The highest BCUT2D eigenvalue weighted by molar-refractivity contribution is 6.25. The van der Waals surface area contributed by atoms with Gasteiger partial charge in [0.1, 0.15) is 5.69 Å². The third kappa shape index (κ3) is 3.66. The van der Waals surface area contributed by atoms with Gasteiger partial charge < -0.3 is 9.47 Å². The van der Waals surface area contributed by atoms with E-state index in [1.54, 1.807) is 26.1 Å². The molecule has 0 unspecified atom stereocenters. The molecule has 0 saturated carbocycles. The Balaban J connectivity index is 2.56. The largest absolute Gasteiger partial charge is 0.483 e. The number of ketones is 2. The first-order chi connectivity index (χ1) is 11.4. The van der Waals surface area contributed by atoms with Crippen LogP contribution in [0.3, 0.4) is 0 Å². The summed E-state index contributed by atoms with van der Waals surface area (Å²) in [6.45, 7) is 9.32. The summed E-state index contributed by atoms with van der Waals surface area (Å²) >= 11 is 0. The minimum atomic E-state index is -0.382. The van der Waals surface area contributed by atoms with Gasteiger partial charge in [0.2, 0.25) is 17.3 Å². The van der Waals surface area contributed by atoms with Crippen molar-refractivity contribution >= 4 is 11.6 Å². The number of nitrogens with zero attached hydrogens (tertiary/aromatic N) is 1. The number of pyridine rings is 1. The van der Waals surface area contributed by atoms with Gasteiger partial charge in [-0.15, -0.1) is 0 Å². The van der Waals surface area contributed by atoms with Crippen molar-refractivity contribution in [2.75, 3.05) is 0 Å². The van der Waals surface area contributed by atoms with E-state index in [-0.39, 0.29) is 41.0 Å². The van der Waals surface area contributed by atoms with Crippen LogP contribution < -0.4 is 0 Å². The van der Waals surface area contributed by atoms with Crippen LogP contribution in [-0.4, -0.2) is 28.8 Å². The number of aryl methyl sites for hydroxylation is 1. The standard InChI is InChI=1S/C19H25NO4/c1-6-7-8-13-9-10-20-15-14(13)16(21)18(23-11(2)3)19(17(15)22)24-12(4)5/h9-12H,6-8H2,1-5H3. The number of unbranched alkanes of at least 4 members (excludes halogenated alkanes) is 1. The summed E-state index contributed by atoms with van der Waals surface area (Å²) in [4.78, 5) is 30.0. The number of allylic oxidation sites excluding steroid dienone is 2. The molecule has 0 atom stereocenters. The van der Waals surface area contributed by atoms with Crippen molar-refractivity contribution in [3.8, 4) is 0 Å². The molecule has 1 aliphatic carbocycles. The Kier molecular flexibility index (Phi) is 5.75. The third-order valence-electron chi connectivity index (χ3n) is 3.60. The summed E-state index contributed by atoms with van der Waals surface area (Å²) in [6, 6.07) is 1.81. The summed E-state index contributed by atoms with van der Waals surface area (Å²) in [5.41, 5.74) is 1.37. The van der Waals surface area contributed by atoms with Crippen LogP contribution in [-0.2, 0) is 15.9 Å². The molecule has 5 nitrogen and oxygen atoms in total. The van der Waals surface area contributed by atoms with E-state index in [1.807, 2.05) is 13.8 Å². The Hall–Kier alpha value is -2.17. The number of ether oxygens (including phenoxy) is 2. The molecular weight excluding hydrogens is 306 g/mol. The van der Waals surface area contributed by atoms with Crippen LogP contribution in [0.25, 0.3) is 0 Å². The normalized spacial score (nSPS) is 14.5. The van der Waals surface area contributed by atoms with Crippen LogP contribution >= 0.6 is 0 Å². The number of Topliss-reactive ketones (excluding diaryl/α,β-unsaturated/α-hetero) is 2. The monoisotopic (exact) mass is 331 g/mol. The maximum absolute atomic E-state index is 13.0. The molecule has 0 bridgehead atoms. The van der Waals surface area contributed by atoms with E-state index in [0.29, 0.717) is 5.56 Å². The summed E-state index contributed by atoms with van der Waals surface area (Å²) < 4.78 is 11.3. The van der Waals surface area contributed by atoms with Crippen molar-refractivity contribution in [3.63, 3.8) is 0 Å². The molecule has 1 aliphatic rings. The van der Waals surface area contributed by atoms with Gasteiger partial charge in [-0.3, -0.25) is 14.6 Å². The van der Waals surface area contributed by atoms with Gasteiger partial charge in [-0.05, 0) is 52.2 Å². The summed E-state index contributed by atoms with van der Waals surface area (Å²) in [5, 5.41) is 0. The molecule has 0 N–H and O–H groups in total. The van der Waals surface area contributed by atoms with Gasteiger partial charge in [-0.25, -0.2) is 0 Å². The Morgan fingerprint density at radius 3 is 2.12 bits per heavy atom. The van der Waals surface area contributed by atoms with Crippen molar-refractivity contribution in [1.29, 1.82) is 0 Å². The molecule has 1 heterocycles. The number of aromatic nitrogens is 1. The average Bonchev–Trinajstić information content (AvgIpc) is 2.52. The summed E-state index contributed by atoms with van der Waals surface area (Å²) in [6.07, 6.45) is 3.78. The minimum absolute atomic E-state index is 0.00180. The van der Waals surface area contributed by atoms with Crippen molar-refractivity contribution < 1.29 is 19.1 Å². The maximum atomic E-state index is 13.0. The van der Waals surface area contributed by atoms with E-state index in [2.05, 4.69) is 11.9 Å². The molecule has 0 radical (unpaired) electrons. The second-order valence-electron chi connectivity index (χ2n) is 6.45. The van der Waals surface area contributed by atoms with Gasteiger partial charge in [-0.1, -0.05) is 13.3 Å². The first-order valence-electron chi connectivity index (χ1n) is 8.51. The lowest BCUT2D eigenvalue weighted by molar-refractivity contribution is 0.0590. The smallest absolute Gasteiger partial charge is 0.250 e. The lowest BCUT2D eigenvalue weighted by Crippen LogP contribution is -2.29. The van der Waals surface area contributed by atoms with Gasteiger partial charge in [0, 0.05) is 6.20 Å². The summed E-state index contributed by atoms with van der Waals surface area (Å²) in [7, 11) is 0. The lowest BCUT2D eigenvalue weighted by atomic mass is 9.90. The van der Waals surface area contributed by atoms with E-state index in [9.17, 15) is 9.59 Å². The van der Waals surface area contributed by atoms with E-state index >= 15 is 0 Å². The molecule has 24 heavy (non-hydrogen) atoms. The number of rotatable bonds is 7. The van der Waals surface area contributed by atoms with Crippen molar-refractivity contribution in [1.82, 2.24) is 4.98 Å². The van der Waals surface area contributed by atoms with Crippen LogP contribution in [0.5, 0.6) is 0 Å². The predicted octanol–water partition coefficient (Wildman–Crippen LogP) is 3.86. The second kappa shape index (κ2) is 7.60.